The highest BCUT2D eigenvalue weighted by molar-refractivity contribution is 9.09. The molecule has 0 amide bonds. The van der Waals surface area contributed by atoms with Crippen molar-refractivity contribution in [1.29, 1.82) is 0 Å². The molecule has 0 aliphatic rings. The van der Waals surface area contributed by atoms with Crippen molar-refractivity contribution >= 4 is 27.5 Å². The fraction of sp³-hybridized carbons (Fsp3) is 0.455. The third-order valence-corrected chi connectivity index (χ3v) is 3.73. The number of hydrogen-bond donors (Lipinski definition) is 0. The molecule has 3 heteroatoms. The number of benzene rings is 1. The van der Waals surface area contributed by atoms with E-state index in [9.17, 15) is 4.39 Å². The molecular formula is C11H13BrClF. The van der Waals surface area contributed by atoms with Crippen LogP contribution in [0.3, 0.4) is 0 Å². The summed E-state index contributed by atoms with van der Waals surface area (Å²) in [7, 11) is 0. The van der Waals surface area contributed by atoms with Gasteiger partial charge in [0.2, 0.25) is 0 Å². The summed E-state index contributed by atoms with van der Waals surface area (Å²) in [5.74, 6) is -0.327. The fourth-order valence-corrected chi connectivity index (χ4v) is 1.71. The summed E-state index contributed by atoms with van der Waals surface area (Å²) in [6.07, 6.45) is 2.88. The van der Waals surface area contributed by atoms with Crippen molar-refractivity contribution < 1.29 is 4.39 Å². The van der Waals surface area contributed by atoms with E-state index in [0.29, 0.717) is 4.83 Å². The lowest BCUT2D eigenvalue weighted by molar-refractivity contribution is 0.624. The molecule has 0 saturated carbocycles. The molecule has 0 radical (unpaired) electrons. The molecule has 1 aromatic carbocycles. The second-order valence-corrected chi connectivity index (χ2v) is 4.93. The quantitative estimate of drug-likeness (QED) is 0.707. The zero-order valence-electron chi connectivity index (χ0n) is 8.06. The molecule has 0 spiro atoms. The molecule has 1 rings (SSSR count). The first kappa shape index (κ1) is 12.0. The van der Waals surface area contributed by atoms with Crippen LogP contribution >= 0.6 is 27.5 Å². The van der Waals surface area contributed by atoms with Crippen LogP contribution in [0.1, 0.15) is 25.3 Å². The van der Waals surface area contributed by atoms with Crippen molar-refractivity contribution in [3.05, 3.63) is 34.6 Å². The van der Waals surface area contributed by atoms with Crippen molar-refractivity contribution in [1.82, 2.24) is 0 Å². The van der Waals surface area contributed by atoms with Crippen molar-refractivity contribution in [2.45, 2.75) is 31.0 Å². The smallest absolute Gasteiger partial charge is 0.142 e. The maximum Gasteiger partial charge on any atom is 0.142 e. The molecule has 1 unspecified atom stereocenters. The summed E-state index contributed by atoms with van der Waals surface area (Å²) in [4.78, 5) is 0.488. The molecular weight excluding hydrogens is 266 g/mol. The van der Waals surface area contributed by atoms with Crippen LogP contribution in [-0.2, 0) is 6.42 Å². The second kappa shape index (κ2) is 5.72. The highest BCUT2D eigenvalue weighted by atomic mass is 79.9. The Kier molecular flexibility index (Phi) is 4.90. The van der Waals surface area contributed by atoms with Crippen LogP contribution in [0.4, 0.5) is 4.39 Å². The van der Waals surface area contributed by atoms with Gasteiger partial charge < -0.3 is 0 Å². The maximum absolute atomic E-state index is 13.0. The molecule has 0 heterocycles. The average Bonchev–Trinajstić information content (AvgIpc) is 2.20. The van der Waals surface area contributed by atoms with E-state index in [2.05, 4.69) is 22.9 Å². The van der Waals surface area contributed by atoms with Gasteiger partial charge >= 0.3 is 0 Å². The molecule has 0 nitrogen and oxygen atoms in total. The third kappa shape index (κ3) is 3.25. The summed E-state index contributed by atoms with van der Waals surface area (Å²) in [5, 5.41) is 0.267. The average molecular weight is 280 g/mol. The second-order valence-electron chi connectivity index (χ2n) is 3.26. The number of halogens is 3. The molecule has 14 heavy (non-hydrogen) atoms. The van der Waals surface area contributed by atoms with E-state index >= 15 is 0 Å². The van der Waals surface area contributed by atoms with Gasteiger partial charge in [-0.1, -0.05) is 46.6 Å². The van der Waals surface area contributed by atoms with Crippen LogP contribution in [-0.4, -0.2) is 4.83 Å². The number of rotatable bonds is 4. The Morgan fingerprint density at radius 1 is 1.50 bits per heavy atom. The Hall–Kier alpha value is -0.0800. The minimum atomic E-state index is -0.327. The standard InChI is InChI=1S/C11H13BrClF/c1-2-9(12)7-6-8-4-3-5-10(14)11(8)13/h3-5,9H,2,6-7H2,1H3. The van der Waals surface area contributed by atoms with E-state index in [1.165, 1.54) is 6.07 Å². The van der Waals surface area contributed by atoms with Gasteiger partial charge in [-0.3, -0.25) is 0 Å². The van der Waals surface area contributed by atoms with E-state index in [-0.39, 0.29) is 10.8 Å². The van der Waals surface area contributed by atoms with Crippen LogP contribution in [0, 0.1) is 5.82 Å². The molecule has 0 bridgehead atoms. The van der Waals surface area contributed by atoms with E-state index in [1.807, 2.05) is 6.07 Å². The fourth-order valence-electron chi connectivity index (χ4n) is 1.26. The van der Waals surface area contributed by atoms with Gasteiger partial charge in [-0.15, -0.1) is 0 Å². The van der Waals surface area contributed by atoms with Gasteiger partial charge in [0.15, 0.2) is 0 Å². The minimum Gasteiger partial charge on any atom is -0.205 e. The molecule has 1 atom stereocenters. The first-order valence-corrected chi connectivity index (χ1v) is 6.01. The van der Waals surface area contributed by atoms with E-state index in [4.69, 9.17) is 11.6 Å². The van der Waals surface area contributed by atoms with Crippen LogP contribution in [0.5, 0.6) is 0 Å². The summed E-state index contributed by atoms with van der Waals surface area (Å²) in [6, 6.07) is 4.96. The lowest BCUT2D eigenvalue weighted by Crippen LogP contribution is -1.99. The molecule has 0 N–H and O–H groups in total. The molecule has 78 valence electrons. The summed E-state index contributed by atoms with van der Waals surface area (Å²) >= 11 is 9.37. The lowest BCUT2D eigenvalue weighted by atomic mass is 10.1. The van der Waals surface area contributed by atoms with Gasteiger partial charge in [-0.05, 0) is 30.9 Å². The highest BCUT2D eigenvalue weighted by Crippen LogP contribution is 2.22. The molecule has 0 aliphatic carbocycles. The summed E-state index contributed by atoms with van der Waals surface area (Å²) in [6.45, 7) is 2.12. The zero-order chi connectivity index (χ0) is 10.6. The molecule has 0 saturated heterocycles. The molecule has 0 aromatic heterocycles. The molecule has 1 aromatic rings. The van der Waals surface area contributed by atoms with Crippen molar-refractivity contribution in [2.24, 2.45) is 0 Å². The topological polar surface area (TPSA) is 0 Å². The first-order chi connectivity index (χ1) is 6.65. The zero-order valence-corrected chi connectivity index (χ0v) is 10.4. The SMILES string of the molecule is CCC(Br)CCc1cccc(F)c1Cl. The lowest BCUT2D eigenvalue weighted by Gasteiger charge is -2.08. The monoisotopic (exact) mass is 278 g/mol. The van der Waals surface area contributed by atoms with E-state index in [0.717, 1.165) is 24.8 Å². The normalized spacial score (nSPS) is 12.9. The predicted molar refractivity (Wildman–Crippen MR) is 62.7 cm³/mol. The van der Waals surface area contributed by atoms with Crippen molar-refractivity contribution in [2.75, 3.05) is 0 Å². The van der Waals surface area contributed by atoms with Gasteiger partial charge in [-0.2, -0.15) is 0 Å². The van der Waals surface area contributed by atoms with Gasteiger partial charge in [0.25, 0.3) is 0 Å². The van der Waals surface area contributed by atoms with Crippen LogP contribution in [0.15, 0.2) is 18.2 Å². The Labute approximate surface area is 97.6 Å². The maximum atomic E-state index is 13.0. The van der Waals surface area contributed by atoms with Crippen molar-refractivity contribution in [3.63, 3.8) is 0 Å². The Morgan fingerprint density at radius 2 is 2.21 bits per heavy atom. The Balaban J connectivity index is 2.63. The van der Waals surface area contributed by atoms with E-state index in [1.54, 1.807) is 6.07 Å². The Bertz CT molecular complexity index is 301. The number of hydrogen-bond acceptors (Lipinski definition) is 0. The van der Waals surface area contributed by atoms with Gasteiger partial charge in [0.05, 0.1) is 5.02 Å². The van der Waals surface area contributed by atoms with Gasteiger partial charge in [0.1, 0.15) is 5.82 Å². The molecule has 0 aliphatic heterocycles. The predicted octanol–water partition coefficient (Wildman–Crippen LogP) is 4.59. The van der Waals surface area contributed by atoms with E-state index < -0.39 is 0 Å². The number of alkyl halides is 1. The summed E-state index contributed by atoms with van der Waals surface area (Å²) in [5.41, 5.74) is 0.893. The van der Waals surface area contributed by atoms with Crippen LogP contribution in [0.2, 0.25) is 5.02 Å². The summed E-state index contributed by atoms with van der Waals surface area (Å²) < 4.78 is 13.0. The number of aryl methyl sites for hydroxylation is 1. The third-order valence-electron chi connectivity index (χ3n) is 2.20. The first-order valence-electron chi connectivity index (χ1n) is 4.72. The largest absolute Gasteiger partial charge is 0.205 e. The van der Waals surface area contributed by atoms with Gasteiger partial charge in [-0.25, -0.2) is 4.39 Å². The highest BCUT2D eigenvalue weighted by Gasteiger charge is 2.07. The van der Waals surface area contributed by atoms with Crippen LogP contribution < -0.4 is 0 Å². The molecule has 0 fully saturated rings. The Morgan fingerprint density at radius 3 is 2.86 bits per heavy atom. The van der Waals surface area contributed by atoms with Crippen LogP contribution in [0.25, 0.3) is 0 Å². The minimum absolute atomic E-state index is 0.267. The van der Waals surface area contributed by atoms with Crippen molar-refractivity contribution in [3.8, 4) is 0 Å². The van der Waals surface area contributed by atoms with Gasteiger partial charge in [0, 0.05) is 4.83 Å².